The molecule has 2 rings (SSSR count). The number of hydrogen-bond donors (Lipinski definition) is 0. The van der Waals surface area contributed by atoms with E-state index in [0.29, 0.717) is 0 Å². The first-order valence-corrected chi connectivity index (χ1v) is 28.5. The molecule has 0 N–H and O–H groups in total. The summed E-state index contributed by atoms with van der Waals surface area (Å²) in [4.78, 5) is 3.29. The van der Waals surface area contributed by atoms with E-state index in [-0.39, 0.29) is 16.5 Å². The van der Waals surface area contributed by atoms with Crippen molar-refractivity contribution in [2.75, 3.05) is 0 Å². The molecule has 0 saturated carbocycles. The number of aryl methyl sites for hydroxylation is 2. The van der Waals surface area contributed by atoms with E-state index in [1.165, 1.54) is 214 Å². The van der Waals surface area contributed by atoms with Crippen molar-refractivity contribution in [3.8, 4) is 11.8 Å². The molecule has 3 heteroatoms. The van der Waals surface area contributed by atoms with Crippen molar-refractivity contribution >= 4 is 11.4 Å². The van der Waals surface area contributed by atoms with Crippen LogP contribution in [-0.4, -0.2) is 10.7 Å². The molecule has 0 aliphatic heterocycles. The number of benzene rings is 2. The van der Waals surface area contributed by atoms with Crippen LogP contribution in [0, 0.1) is 25.7 Å². The van der Waals surface area contributed by atoms with Gasteiger partial charge in [-0.25, -0.2) is 0 Å². The van der Waals surface area contributed by atoms with Crippen LogP contribution in [0.2, 0.25) is 0 Å². The van der Waals surface area contributed by atoms with Crippen molar-refractivity contribution in [1.82, 2.24) is 0 Å². The zero-order valence-corrected chi connectivity index (χ0v) is 45.9. The van der Waals surface area contributed by atoms with Crippen LogP contribution in [0.25, 0.3) is 11.1 Å². The summed E-state index contributed by atoms with van der Waals surface area (Å²) in [6.07, 6.45) is 52.7. The Hall–Kier alpha value is -2.61. The molecule has 0 atom stereocenters. The Bertz CT molecular complexity index is 1490. The van der Waals surface area contributed by atoms with Crippen LogP contribution < -0.4 is 0 Å². The number of nitrogens with zero attached hydrogens (tertiary/aromatic N) is 2. The maximum absolute atomic E-state index is 9.35. The number of hydrogen-bond acceptors (Lipinski definition) is 0. The molecule has 0 aromatic heterocycles. The minimum Gasteiger partial charge on any atom is -0.348 e. The van der Waals surface area contributed by atoms with Crippen LogP contribution in [0.5, 0.6) is 0 Å². The molecular weight excluding hydrogens is 855 g/mol. The molecule has 382 valence electrons. The molecule has 0 heterocycles. The van der Waals surface area contributed by atoms with Crippen LogP contribution >= 0.6 is 0 Å². The Morgan fingerprint density at radius 1 is 0.478 bits per heavy atom. The fourth-order valence-corrected chi connectivity index (χ4v) is 8.36. The van der Waals surface area contributed by atoms with E-state index in [9.17, 15) is 5.53 Å². The Morgan fingerprint density at radius 2 is 0.896 bits per heavy atom. The van der Waals surface area contributed by atoms with Crippen LogP contribution in [0.4, 0.5) is 0 Å². The molecule has 2 nitrogen and oxygen atoms in total. The van der Waals surface area contributed by atoms with Gasteiger partial charge in [0.1, 0.15) is 0 Å². The predicted octanol–water partition coefficient (Wildman–Crippen LogP) is 21.2. The molecule has 0 amide bonds. The molecule has 0 radical (unpaired) electrons. The Kier molecular flexibility index (Phi) is 53.9. The van der Waals surface area contributed by atoms with E-state index in [1.54, 1.807) is 0 Å². The second-order valence-electron chi connectivity index (χ2n) is 19.0. The van der Waals surface area contributed by atoms with Gasteiger partial charge in [0.25, 0.3) is 0 Å². The first kappa shape index (κ1) is 66.5. The van der Waals surface area contributed by atoms with Crippen LogP contribution in [0.15, 0.2) is 60.2 Å². The molecule has 0 unspecified atom stereocenters. The third kappa shape index (κ3) is 42.0. The molecule has 0 fully saturated rings. The van der Waals surface area contributed by atoms with Gasteiger partial charge in [-0.2, -0.15) is 12.8 Å². The fraction of sp³-hybridized carbons (Fsp3) is 0.688. The van der Waals surface area contributed by atoms with Gasteiger partial charge in [-0.1, -0.05) is 263 Å². The third-order valence-electron chi connectivity index (χ3n) is 12.7. The van der Waals surface area contributed by atoms with Gasteiger partial charge >= 0.3 is 22.4 Å². The van der Waals surface area contributed by atoms with Crippen LogP contribution in [0.3, 0.4) is 0 Å². The summed E-state index contributed by atoms with van der Waals surface area (Å²) >= 11 is 0. The van der Waals surface area contributed by atoms with E-state index >= 15 is 0 Å². The Balaban J connectivity index is 0. The van der Waals surface area contributed by atoms with Gasteiger partial charge in [-0.05, 0) is 78.8 Å². The van der Waals surface area contributed by atoms with Gasteiger partial charge in [0, 0.05) is 12.8 Å². The number of rotatable bonds is 39. The average molecular weight is 962 g/mol. The normalized spacial score (nSPS) is 10.6. The minimum absolute atomic E-state index is 0. The zero-order valence-electron chi connectivity index (χ0n) is 44.9. The Labute approximate surface area is 429 Å². The van der Waals surface area contributed by atoms with Gasteiger partial charge in [-0.3, -0.25) is 0 Å². The summed E-state index contributed by atoms with van der Waals surface area (Å²) in [7, 11) is 0. The summed E-state index contributed by atoms with van der Waals surface area (Å²) in [5.74, 6) is 9.77. The topological polar surface area (TPSA) is 36.4 Å². The van der Waals surface area contributed by atoms with Gasteiger partial charge in [-0.15, -0.1) is 16.6 Å². The van der Waals surface area contributed by atoms with Crippen LogP contribution in [0.1, 0.15) is 294 Å². The first-order chi connectivity index (χ1) is 32.6. The van der Waals surface area contributed by atoms with Crippen LogP contribution in [-0.2, 0) is 29.3 Å². The zero-order chi connectivity index (χ0) is 48.2. The molecule has 2 aromatic carbocycles. The summed E-state index contributed by atoms with van der Waals surface area (Å²) < 4.78 is 0. The second-order valence-corrected chi connectivity index (χ2v) is 19.0. The van der Waals surface area contributed by atoms with Gasteiger partial charge in [0.15, 0.2) is 0 Å². The maximum Gasteiger partial charge on any atom is 2.00 e. The summed E-state index contributed by atoms with van der Waals surface area (Å²) in [6, 6.07) is 17.8. The molecule has 0 aliphatic rings. The predicted molar refractivity (Wildman–Crippen MR) is 297 cm³/mol. The van der Waals surface area contributed by atoms with Crippen molar-refractivity contribution in [2.24, 2.45) is 0 Å². The van der Waals surface area contributed by atoms with E-state index < -0.39 is 0 Å². The smallest absolute Gasteiger partial charge is 0.348 e. The average Bonchev–Trinajstić information content (AvgIpc) is 3.34. The molecule has 2 aromatic rings. The molecule has 0 saturated heterocycles. The van der Waals surface area contributed by atoms with E-state index in [0.717, 1.165) is 69.8 Å². The minimum atomic E-state index is 0. The van der Waals surface area contributed by atoms with E-state index in [2.05, 4.69) is 126 Å². The van der Waals surface area contributed by atoms with Gasteiger partial charge < -0.3 is 19.4 Å². The van der Waals surface area contributed by atoms with E-state index in [1.807, 2.05) is 0 Å². The molecular formula is C64H106N2Ni. The quantitative estimate of drug-likeness (QED) is 0.00936. The van der Waals surface area contributed by atoms with Crippen molar-refractivity contribution in [2.45, 2.75) is 285 Å². The Morgan fingerprint density at radius 3 is 1.34 bits per heavy atom. The van der Waals surface area contributed by atoms with Crippen molar-refractivity contribution < 1.29 is 21.3 Å². The van der Waals surface area contributed by atoms with Gasteiger partial charge in [0.05, 0.1) is 5.57 Å². The monoisotopic (exact) mass is 961 g/mol. The standard InChI is InChI=1S/C46H68N2.2C9H19.Ni/c1-4-7-10-11-12-13-14-15-16-17-18-19-20-21-22-23-24-25-26-27-32-43-33-28-29-34-45(43)46(39-42(40-48-47)31-9-6-3)44-37-35-41(36-38-44)30-8-5-2;2*1-3-5-7-9-8-6-4-2;/h28-29,33-39H,4-23,26-27,30-32H2,1-3H3;2*1,3-9H2,2H3;/q;2*-1;+2. The number of allylic oxidation sites excluding steroid dienone is 2. The molecule has 0 aliphatic carbocycles. The van der Waals surface area contributed by atoms with Crippen molar-refractivity contribution in [3.05, 3.63) is 102 Å². The third-order valence-corrected chi connectivity index (χ3v) is 12.7. The largest absolute Gasteiger partial charge is 2.00 e. The number of unbranched alkanes of at least 4 members (excludes halogenated alkanes) is 30. The summed E-state index contributed by atoms with van der Waals surface area (Å²) in [5.41, 5.74) is 16.6. The van der Waals surface area contributed by atoms with Crippen molar-refractivity contribution in [3.63, 3.8) is 0 Å². The molecule has 0 spiro atoms. The fourth-order valence-electron chi connectivity index (χ4n) is 8.36. The first-order valence-electron chi connectivity index (χ1n) is 28.5. The molecule has 67 heavy (non-hydrogen) atoms. The summed E-state index contributed by atoms with van der Waals surface area (Å²) in [5, 5.41) is 0. The van der Waals surface area contributed by atoms with E-state index in [4.69, 9.17) is 0 Å². The molecule has 0 bridgehead atoms. The SMILES string of the molecule is CCCCCCCCCCCCCCCCCC#CCCCc1ccccc1C(=CC(=C=[N+]=[N-])CCCC)c1ccc(CCCC)cc1.[CH2-]CCCCCCCC.[CH2-]CCCCCCCC.[Ni+2]. The maximum atomic E-state index is 9.35. The second kappa shape index (κ2) is 54.3. The summed E-state index contributed by atoms with van der Waals surface area (Å²) in [6.45, 7) is 18.8. The van der Waals surface area contributed by atoms with Crippen molar-refractivity contribution in [1.29, 1.82) is 0 Å². The van der Waals surface area contributed by atoms with Gasteiger partial charge in [0.2, 0.25) is 0 Å².